The molecule has 0 bridgehead atoms. The molecule has 2 unspecified atom stereocenters. The van der Waals surface area contributed by atoms with Crippen LogP contribution in [0.5, 0.6) is 0 Å². The molecule has 1 saturated heterocycles. The van der Waals surface area contributed by atoms with Crippen molar-refractivity contribution in [3.63, 3.8) is 0 Å². The minimum atomic E-state index is -0.246. The van der Waals surface area contributed by atoms with Gasteiger partial charge in [-0.3, -0.25) is 0 Å². The van der Waals surface area contributed by atoms with Crippen molar-refractivity contribution >= 4 is 0 Å². The quantitative estimate of drug-likeness (QED) is 0.783. The topological polar surface area (TPSA) is 58.3 Å². The summed E-state index contributed by atoms with van der Waals surface area (Å²) in [5.74, 6) is 1.28. The zero-order chi connectivity index (χ0) is 10.8. The Morgan fingerprint density at radius 2 is 2.47 bits per heavy atom. The number of aromatic nitrogens is 1. The van der Waals surface area contributed by atoms with Gasteiger partial charge in [-0.2, -0.15) is 0 Å². The first kappa shape index (κ1) is 10.6. The number of rotatable bonds is 3. The molecule has 2 N–H and O–H groups in total. The molecule has 2 heterocycles. The average Bonchev–Trinajstić information content (AvgIpc) is 2.77. The van der Waals surface area contributed by atoms with Gasteiger partial charge in [-0.1, -0.05) is 19.0 Å². The number of hydrogen-bond acceptors (Lipinski definition) is 4. The monoisotopic (exact) mass is 210 g/mol. The van der Waals surface area contributed by atoms with E-state index in [0.29, 0.717) is 5.92 Å². The average molecular weight is 210 g/mol. The summed E-state index contributed by atoms with van der Waals surface area (Å²) in [5, 5.41) is 16.9. The van der Waals surface area contributed by atoms with Gasteiger partial charge in [-0.25, -0.2) is 0 Å². The fourth-order valence-corrected chi connectivity index (χ4v) is 1.88. The van der Waals surface area contributed by atoms with Gasteiger partial charge in [0.05, 0.1) is 11.8 Å². The van der Waals surface area contributed by atoms with Gasteiger partial charge in [0.15, 0.2) is 0 Å². The maximum Gasteiger partial charge on any atom is 0.139 e. The second-order valence-electron chi connectivity index (χ2n) is 4.50. The van der Waals surface area contributed by atoms with E-state index in [-0.39, 0.29) is 12.1 Å². The summed E-state index contributed by atoms with van der Waals surface area (Å²) in [7, 11) is 0. The molecule has 15 heavy (non-hydrogen) atoms. The van der Waals surface area contributed by atoms with Crippen molar-refractivity contribution in [3.8, 4) is 0 Å². The van der Waals surface area contributed by atoms with Crippen LogP contribution in [-0.4, -0.2) is 29.0 Å². The minimum Gasteiger partial charge on any atom is -0.391 e. The maximum atomic E-state index is 9.65. The summed E-state index contributed by atoms with van der Waals surface area (Å²) in [6.45, 7) is 5.04. The van der Waals surface area contributed by atoms with Gasteiger partial charge in [0.2, 0.25) is 0 Å². The van der Waals surface area contributed by atoms with E-state index in [4.69, 9.17) is 4.52 Å². The maximum absolute atomic E-state index is 9.65. The molecule has 0 aliphatic carbocycles. The fourth-order valence-electron chi connectivity index (χ4n) is 1.88. The molecule has 2 rings (SSSR count). The Kier molecular flexibility index (Phi) is 3.07. The van der Waals surface area contributed by atoms with E-state index in [1.807, 2.05) is 6.07 Å². The van der Waals surface area contributed by atoms with E-state index in [0.717, 1.165) is 30.8 Å². The third-order valence-electron chi connectivity index (χ3n) is 2.89. The van der Waals surface area contributed by atoms with Gasteiger partial charge >= 0.3 is 0 Å². The summed E-state index contributed by atoms with van der Waals surface area (Å²) in [6.07, 6.45) is 1.33. The number of nitrogens with one attached hydrogen (secondary N) is 1. The Balaban J connectivity index is 1.98. The van der Waals surface area contributed by atoms with Crippen LogP contribution in [0.15, 0.2) is 10.6 Å². The predicted octanol–water partition coefficient (Wildman–Crippen LogP) is 1.06. The van der Waals surface area contributed by atoms with Gasteiger partial charge in [0, 0.05) is 24.4 Å². The first-order valence-electron chi connectivity index (χ1n) is 5.53. The lowest BCUT2D eigenvalue weighted by molar-refractivity contribution is 0.158. The lowest BCUT2D eigenvalue weighted by Gasteiger charge is -2.11. The van der Waals surface area contributed by atoms with Gasteiger partial charge in [-0.05, 0) is 13.0 Å². The van der Waals surface area contributed by atoms with Crippen LogP contribution in [0.1, 0.15) is 37.6 Å². The van der Waals surface area contributed by atoms with E-state index < -0.39 is 0 Å². The molecule has 4 heteroatoms. The first-order valence-corrected chi connectivity index (χ1v) is 5.53. The Bertz CT molecular complexity index is 322. The van der Waals surface area contributed by atoms with Crippen molar-refractivity contribution < 1.29 is 9.63 Å². The van der Waals surface area contributed by atoms with Gasteiger partial charge < -0.3 is 14.9 Å². The predicted molar refractivity (Wildman–Crippen MR) is 56.7 cm³/mol. The Morgan fingerprint density at radius 3 is 3.00 bits per heavy atom. The highest BCUT2D eigenvalue weighted by Gasteiger charge is 2.25. The molecule has 84 valence electrons. The van der Waals surface area contributed by atoms with Crippen molar-refractivity contribution in [2.75, 3.05) is 6.54 Å². The number of nitrogens with zero attached hydrogens (tertiary/aromatic N) is 1. The van der Waals surface area contributed by atoms with Gasteiger partial charge in [0.1, 0.15) is 5.76 Å². The van der Waals surface area contributed by atoms with E-state index in [2.05, 4.69) is 24.3 Å². The molecule has 0 radical (unpaired) electrons. The molecule has 0 amide bonds. The molecule has 1 aliphatic rings. The summed E-state index contributed by atoms with van der Waals surface area (Å²) in [4.78, 5) is 0. The van der Waals surface area contributed by atoms with Gasteiger partial charge in [-0.15, -0.1) is 0 Å². The van der Waals surface area contributed by atoms with Crippen molar-refractivity contribution in [1.82, 2.24) is 10.5 Å². The van der Waals surface area contributed by atoms with E-state index in [1.165, 1.54) is 0 Å². The SMILES string of the molecule is CC(C)c1cc(CC2NCCC2O)no1. The number of hydrogen-bond donors (Lipinski definition) is 2. The fraction of sp³-hybridized carbons (Fsp3) is 0.727. The third kappa shape index (κ3) is 2.38. The highest BCUT2D eigenvalue weighted by Crippen LogP contribution is 2.18. The van der Waals surface area contributed by atoms with Crippen molar-refractivity contribution in [2.45, 2.75) is 44.8 Å². The van der Waals surface area contributed by atoms with E-state index in [1.54, 1.807) is 0 Å². The lowest BCUT2D eigenvalue weighted by atomic mass is 10.1. The Hall–Kier alpha value is -0.870. The molecule has 2 atom stereocenters. The number of aliphatic hydroxyl groups is 1. The summed E-state index contributed by atoms with van der Waals surface area (Å²) in [6, 6.07) is 2.12. The van der Waals surface area contributed by atoms with Crippen LogP contribution in [0.2, 0.25) is 0 Å². The highest BCUT2D eigenvalue weighted by atomic mass is 16.5. The van der Waals surface area contributed by atoms with Crippen molar-refractivity contribution in [1.29, 1.82) is 0 Å². The summed E-state index contributed by atoms with van der Waals surface area (Å²) >= 11 is 0. The molecule has 0 spiro atoms. The minimum absolute atomic E-state index is 0.134. The second-order valence-corrected chi connectivity index (χ2v) is 4.50. The van der Waals surface area contributed by atoms with Crippen LogP contribution in [0.3, 0.4) is 0 Å². The zero-order valence-corrected chi connectivity index (χ0v) is 9.23. The smallest absolute Gasteiger partial charge is 0.139 e. The molecular weight excluding hydrogens is 192 g/mol. The molecule has 0 aromatic carbocycles. The second kappa shape index (κ2) is 4.33. The van der Waals surface area contributed by atoms with Crippen LogP contribution >= 0.6 is 0 Å². The Labute approximate surface area is 89.7 Å². The molecular formula is C11H18N2O2. The zero-order valence-electron chi connectivity index (χ0n) is 9.23. The standard InChI is InChI=1S/C11H18N2O2/c1-7(2)11-6-8(13-15-11)5-9-10(14)3-4-12-9/h6-7,9-10,12,14H,3-5H2,1-2H3. The summed E-state index contributed by atoms with van der Waals surface area (Å²) < 4.78 is 5.21. The number of aliphatic hydroxyl groups excluding tert-OH is 1. The Morgan fingerprint density at radius 1 is 1.67 bits per heavy atom. The van der Waals surface area contributed by atoms with Gasteiger partial charge in [0.25, 0.3) is 0 Å². The normalized spacial score (nSPS) is 26.4. The molecule has 4 nitrogen and oxygen atoms in total. The van der Waals surface area contributed by atoms with Crippen LogP contribution < -0.4 is 5.32 Å². The first-order chi connectivity index (χ1) is 7.16. The molecule has 1 fully saturated rings. The summed E-state index contributed by atoms with van der Waals surface area (Å²) in [5.41, 5.74) is 0.928. The largest absolute Gasteiger partial charge is 0.391 e. The van der Waals surface area contributed by atoms with Crippen molar-refractivity contribution in [2.24, 2.45) is 0 Å². The van der Waals surface area contributed by atoms with Crippen LogP contribution in [0.4, 0.5) is 0 Å². The molecule has 1 aromatic heterocycles. The third-order valence-corrected chi connectivity index (χ3v) is 2.89. The van der Waals surface area contributed by atoms with Crippen LogP contribution in [-0.2, 0) is 6.42 Å². The van der Waals surface area contributed by atoms with Crippen LogP contribution in [0.25, 0.3) is 0 Å². The van der Waals surface area contributed by atoms with E-state index in [9.17, 15) is 5.11 Å². The highest BCUT2D eigenvalue weighted by molar-refractivity contribution is 5.10. The van der Waals surface area contributed by atoms with Crippen molar-refractivity contribution in [3.05, 3.63) is 17.5 Å². The molecule has 1 aliphatic heterocycles. The molecule has 0 saturated carbocycles. The lowest BCUT2D eigenvalue weighted by Crippen LogP contribution is -2.32. The molecule has 1 aromatic rings. The van der Waals surface area contributed by atoms with Crippen LogP contribution in [0, 0.1) is 0 Å². The van der Waals surface area contributed by atoms with E-state index >= 15 is 0 Å².